The molecule has 1 saturated carbocycles. The highest BCUT2D eigenvalue weighted by molar-refractivity contribution is 6.10. The molecule has 2 aromatic rings. The van der Waals surface area contributed by atoms with Gasteiger partial charge in [0.1, 0.15) is 12.1 Å². The van der Waals surface area contributed by atoms with Crippen molar-refractivity contribution in [3.63, 3.8) is 0 Å². The molecule has 0 radical (unpaired) electrons. The van der Waals surface area contributed by atoms with Crippen molar-refractivity contribution in [2.45, 2.75) is 44.1 Å². The van der Waals surface area contributed by atoms with Crippen molar-refractivity contribution in [2.24, 2.45) is 0 Å². The second-order valence-electron chi connectivity index (χ2n) is 7.83. The first-order chi connectivity index (χ1) is 14.1. The van der Waals surface area contributed by atoms with Gasteiger partial charge in [0.2, 0.25) is 5.91 Å². The number of urea groups is 1. The summed E-state index contributed by atoms with van der Waals surface area (Å²) >= 11 is 0. The minimum Gasteiger partial charge on any atom is -0.324 e. The predicted molar refractivity (Wildman–Crippen MR) is 110 cm³/mol. The van der Waals surface area contributed by atoms with Gasteiger partial charge in [-0.05, 0) is 36.5 Å². The summed E-state index contributed by atoms with van der Waals surface area (Å²) in [6, 6.07) is 17.1. The molecule has 2 aliphatic rings. The number of imide groups is 1. The Kier molecular flexibility index (Phi) is 5.34. The van der Waals surface area contributed by atoms with Crippen LogP contribution in [-0.4, -0.2) is 34.8 Å². The average molecular weight is 391 g/mol. The third kappa shape index (κ3) is 4.01. The Bertz CT molecular complexity index is 920. The van der Waals surface area contributed by atoms with Crippen LogP contribution < -0.4 is 10.6 Å². The molecule has 4 amide bonds. The number of carbonyl (C=O) groups is 3. The Morgan fingerprint density at radius 2 is 1.66 bits per heavy atom. The molecule has 0 aromatic heterocycles. The molecular weight excluding hydrogens is 366 g/mol. The minimum absolute atomic E-state index is 0.269. The number of benzene rings is 2. The molecule has 2 N–H and O–H groups in total. The molecular formula is C23H25N3O3. The summed E-state index contributed by atoms with van der Waals surface area (Å²) in [6.07, 6.45) is 4.89. The Balaban J connectivity index is 1.44. The number of carbonyl (C=O) groups excluding carboxylic acids is 3. The van der Waals surface area contributed by atoms with E-state index in [1.54, 1.807) is 0 Å². The number of hydrogen-bond acceptors (Lipinski definition) is 3. The van der Waals surface area contributed by atoms with Crippen LogP contribution in [-0.2, 0) is 16.0 Å². The van der Waals surface area contributed by atoms with E-state index in [-0.39, 0.29) is 18.4 Å². The van der Waals surface area contributed by atoms with Crippen molar-refractivity contribution in [1.82, 2.24) is 10.2 Å². The monoisotopic (exact) mass is 391 g/mol. The Morgan fingerprint density at radius 3 is 2.41 bits per heavy atom. The van der Waals surface area contributed by atoms with Crippen molar-refractivity contribution < 1.29 is 14.4 Å². The highest BCUT2D eigenvalue weighted by Gasteiger charge is 2.51. The Morgan fingerprint density at radius 1 is 0.966 bits per heavy atom. The third-order valence-electron chi connectivity index (χ3n) is 5.78. The van der Waals surface area contributed by atoms with Gasteiger partial charge < -0.3 is 10.6 Å². The van der Waals surface area contributed by atoms with Crippen LogP contribution in [0.4, 0.5) is 10.5 Å². The lowest BCUT2D eigenvalue weighted by molar-refractivity contribution is -0.134. The number of amides is 4. The summed E-state index contributed by atoms with van der Waals surface area (Å²) in [5.74, 6) is -0.642. The summed E-state index contributed by atoms with van der Waals surface area (Å²) in [7, 11) is 0. The van der Waals surface area contributed by atoms with Gasteiger partial charge in [0.15, 0.2) is 0 Å². The summed E-state index contributed by atoms with van der Waals surface area (Å²) in [4.78, 5) is 38.9. The Labute approximate surface area is 170 Å². The molecule has 1 saturated heterocycles. The van der Waals surface area contributed by atoms with Gasteiger partial charge in [0.25, 0.3) is 5.91 Å². The molecule has 1 spiro atoms. The number of anilines is 1. The normalized spacial score (nSPS) is 18.0. The molecule has 1 aliphatic heterocycles. The van der Waals surface area contributed by atoms with E-state index in [1.165, 1.54) is 0 Å². The number of nitrogens with zero attached hydrogens (tertiary/aromatic N) is 1. The number of hydrogen-bond donors (Lipinski definition) is 2. The maximum Gasteiger partial charge on any atom is 0.325 e. The van der Waals surface area contributed by atoms with Crippen LogP contribution in [0, 0.1) is 0 Å². The molecule has 2 aromatic carbocycles. The molecule has 1 aliphatic carbocycles. The maximum atomic E-state index is 12.9. The van der Waals surface area contributed by atoms with Gasteiger partial charge in [-0.1, -0.05) is 67.8 Å². The van der Waals surface area contributed by atoms with Gasteiger partial charge in [-0.15, -0.1) is 0 Å². The fraction of sp³-hybridized carbons (Fsp3) is 0.348. The molecule has 6 nitrogen and oxygen atoms in total. The predicted octanol–water partition coefficient (Wildman–Crippen LogP) is 3.47. The van der Waals surface area contributed by atoms with Crippen LogP contribution in [0.25, 0.3) is 0 Å². The van der Waals surface area contributed by atoms with E-state index >= 15 is 0 Å². The van der Waals surface area contributed by atoms with E-state index in [2.05, 4.69) is 10.6 Å². The standard InChI is InChI=1S/C23H25N3O3/c27-20(16-26-21(28)23(25-22(26)29)13-7-2-8-14-23)24-19-12-6-5-11-18(19)15-17-9-3-1-4-10-17/h1,3-6,9-12H,2,7-8,13-16H2,(H,24,27)(H,25,29). The van der Waals surface area contributed by atoms with Crippen LogP contribution >= 0.6 is 0 Å². The van der Waals surface area contributed by atoms with Crippen molar-refractivity contribution in [1.29, 1.82) is 0 Å². The smallest absolute Gasteiger partial charge is 0.324 e. The van der Waals surface area contributed by atoms with E-state index in [1.807, 2.05) is 54.6 Å². The first-order valence-electron chi connectivity index (χ1n) is 10.1. The zero-order valence-corrected chi connectivity index (χ0v) is 16.3. The lowest BCUT2D eigenvalue weighted by Gasteiger charge is -2.30. The first kappa shape index (κ1) is 19.2. The van der Waals surface area contributed by atoms with Crippen molar-refractivity contribution in [2.75, 3.05) is 11.9 Å². The van der Waals surface area contributed by atoms with Gasteiger partial charge >= 0.3 is 6.03 Å². The third-order valence-corrected chi connectivity index (χ3v) is 5.78. The van der Waals surface area contributed by atoms with E-state index in [0.717, 1.165) is 35.3 Å². The van der Waals surface area contributed by atoms with E-state index < -0.39 is 11.6 Å². The lowest BCUT2D eigenvalue weighted by atomic mass is 9.82. The van der Waals surface area contributed by atoms with E-state index in [4.69, 9.17) is 0 Å². The van der Waals surface area contributed by atoms with Crippen LogP contribution in [0.1, 0.15) is 43.2 Å². The first-order valence-corrected chi connectivity index (χ1v) is 10.1. The van der Waals surface area contributed by atoms with E-state index in [0.29, 0.717) is 24.9 Å². The zero-order valence-electron chi connectivity index (χ0n) is 16.3. The summed E-state index contributed by atoms with van der Waals surface area (Å²) < 4.78 is 0. The van der Waals surface area contributed by atoms with Gasteiger partial charge in [0.05, 0.1) is 0 Å². The summed E-state index contributed by atoms with van der Waals surface area (Å²) in [5, 5.41) is 5.72. The Hall–Kier alpha value is -3.15. The molecule has 4 rings (SSSR count). The fourth-order valence-corrected chi connectivity index (χ4v) is 4.26. The molecule has 6 heteroatoms. The molecule has 0 bridgehead atoms. The second kappa shape index (κ2) is 8.07. The van der Waals surface area contributed by atoms with Gasteiger partial charge in [-0.3, -0.25) is 14.5 Å². The maximum absolute atomic E-state index is 12.9. The van der Waals surface area contributed by atoms with Crippen LogP contribution in [0.2, 0.25) is 0 Å². The molecule has 2 fully saturated rings. The minimum atomic E-state index is -0.805. The van der Waals surface area contributed by atoms with Crippen LogP contribution in [0.15, 0.2) is 54.6 Å². The molecule has 29 heavy (non-hydrogen) atoms. The molecule has 150 valence electrons. The van der Waals surface area contributed by atoms with Crippen molar-refractivity contribution >= 4 is 23.5 Å². The van der Waals surface area contributed by atoms with Gasteiger partial charge in [-0.25, -0.2) is 4.79 Å². The number of para-hydroxylation sites is 1. The van der Waals surface area contributed by atoms with Crippen molar-refractivity contribution in [3.05, 3.63) is 65.7 Å². The molecule has 0 atom stereocenters. The zero-order chi connectivity index (χ0) is 20.3. The van der Waals surface area contributed by atoms with Crippen LogP contribution in [0.3, 0.4) is 0 Å². The van der Waals surface area contributed by atoms with Crippen LogP contribution in [0.5, 0.6) is 0 Å². The number of nitrogens with one attached hydrogen (secondary N) is 2. The quantitative estimate of drug-likeness (QED) is 0.766. The van der Waals surface area contributed by atoms with E-state index in [9.17, 15) is 14.4 Å². The summed E-state index contributed by atoms with van der Waals surface area (Å²) in [6.45, 7) is -0.272. The molecule has 0 unspecified atom stereocenters. The largest absolute Gasteiger partial charge is 0.325 e. The lowest BCUT2D eigenvalue weighted by Crippen LogP contribution is -2.48. The van der Waals surface area contributed by atoms with Gasteiger partial charge in [0, 0.05) is 5.69 Å². The molecule has 1 heterocycles. The topological polar surface area (TPSA) is 78.5 Å². The fourth-order valence-electron chi connectivity index (χ4n) is 4.26. The second-order valence-corrected chi connectivity index (χ2v) is 7.83. The average Bonchev–Trinajstić information content (AvgIpc) is 2.95. The summed E-state index contributed by atoms with van der Waals surface area (Å²) in [5.41, 5.74) is 2.01. The van der Waals surface area contributed by atoms with Gasteiger partial charge in [-0.2, -0.15) is 0 Å². The highest BCUT2D eigenvalue weighted by atomic mass is 16.2. The van der Waals surface area contributed by atoms with Crippen molar-refractivity contribution in [3.8, 4) is 0 Å². The SMILES string of the molecule is O=C(CN1C(=O)NC2(CCCCC2)C1=O)Nc1ccccc1Cc1ccccc1. The number of rotatable bonds is 5. The highest BCUT2D eigenvalue weighted by Crippen LogP contribution is 2.33.